The van der Waals surface area contributed by atoms with Crippen molar-refractivity contribution < 1.29 is 0 Å². The minimum Gasteiger partial charge on any atom is -0.312 e. The molecule has 1 rings (SSSR count). The number of hydrogen-bond acceptors (Lipinski definition) is 2. The Balaban J connectivity index is 2.51. The number of rotatable bonds is 7. The van der Waals surface area contributed by atoms with Gasteiger partial charge in [0.05, 0.1) is 5.69 Å². The Morgan fingerprint density at radius 1 is 1.29 bits per heavy atom. The van der Waals surface area contributed by atoms with E-state index in [1.807, 2.05) is 11.7 Å². The molecule has 0 spiro atoms. The van der Waals surface area contributed by atoms with Crippen LogP contribution in [0.4, 0.5) is 0 Å². The summed E-state index contributed by atoms with van der Waals surface area (Å²) in [5.41, 5.74) is 2.57. The van der Waals surface area contributed by atoms with Crippen LogP contribution in [0.2, 0.25) is 0 Å². The summed E-state index contributed by atoms with van der Waals surface area (Å²) in [4.78, 5) is 0. The molecule has 3 nitrogen and oxygen atoms in total. The highest BCUT2D eigenvalue weighted by molar-refractivity contribution is 5.19. The molecule has 0 aliphatic heterocycles. The molecule has 98 valence electrons. The summed E-state index contributed by atoms with van der Waals surface area (Å²) in [5, 5.41) is 8.08. The largest absolute Gasteiger partial charge is 0.312 e. The van der Waals surface area contributed by atoms with Crippen LogP contribution in [0.1, 0.15) is 57.7 Å². The lowest BCUT2D eigenvalue weighted by Crippen LogP contribution is -2.22. The third-order valence-corrected chi connectivity index (χ3v) is 3.39. The van der Waals surface area contributed by atoms with E-state index >= 15 is 0 Å². The van der Waals surface area contributed by atoms with Gasteiger partial charge in [-0.1, -0.05) is 40.5 Å². The van der Waals surface area contributed by atoms with Crippen LogP contribution in [0.15, 0.2) is 6.20 Å². The zero-order valence-electron chi connectivity index (χ0n) is 12.0. The summed E-state index contributed by atoms with van der Waals surface area (Å²) in [7, 11) is 2.00. The molecule has 1 aromatic heterocycles. The van der Waals surface area contributed by atoms with Crippen LogP contribution in [-0.2, 0) is 13.6 Å². The molecule has 0 amide bonds. The van der Waals surface area contributed by atoms with Crippen molar-refractivity contribution in [3.05, 3.63) is 17.5 Å². The lowest BCUT2D eigenvalue weighted by molar-refractivity contribution is 0.449. The maximum atomic E-state index is 4.52. The highest BCUT2D eigenvalue weighted by Crippen LogP contribution is 2.17. The van der Waals surface area contributed by atoms with Crippen LogP contribution in [0, 0.1) is 5.92 Å². The summed E-state index contributed by atoms with van der Waals surface area (Å²) in [6.07, 6.45) is 4.65. The maximum absolute atomic E-state index is 4.52. The van der Waals surface area contributed by atoms with Crippen molar-refractivity contribution in [2.24, 2.45) is 13.0 Å². The molecule has 1 aromatic rings. The van der Waals surface area contributed by atoms with Gasteiger partial charge in [-0.05, 0) is 18.4 Å². The smallest absolute Gasteiger partial charge is 0.0694 e. The fraction of sp³-hybridized carbons (Fsp3) is 0.786. The summed E-state index contributed by atoms with van der Waals surface area (Å²) in [5.74, 6) is 1.30. The summed E-state index contributed by atoms with van der Waals surface area (Å²) >= 11 is 0. The van der Waals surface area contributed by atoms with E-state index in [0.29, 0.717) is 5.92 Å². The van der Waals surface area contributed by atoms with E-state index in [4.69, 9.17) is 0 Å². The van der Waals surface area contributed by atoms with Crippen LogP contribution in [-0.4, -0.2) is 16.3 Å². The molecule has 17 heavy (non-hydrogen) atoms. The van der Waals surface area contributed by atoms with E-state index in [1.54, 1.807) is 0 Å². The van der Waals surface area contributed by atoms with Gasteiger partial charge < -0.3 is 5.32 Å². The normalized spacial score (nSPS) is 11.7. The number of aryl methyl sites for hydroxylation is 1. The molecule has 0 fully saturated rings. The molecule has 0 unspecified atom stereocenters. The lowest BCUT2D eigenvalue weighted by atomic mass is 10.0. The third kappa shape index (κ3) is 4.15. The second-order valence-corrected chi connectivity index (χ2v) is 5.18. The topological polar surface area (TPSA) is 29.9 Å². The zero-order valence-corrected chi connectivity index (χ0v) is 12.0. The van der Waals surface area contributed by atoms with Gasteiger partial charge in [-0.2, -0.15) is 5.10 Å². The van der Waals surface area contributed by atoms with Crippen LogP contribution in [0.3, 0.4) is 0 Å². The van der Waals surface area contributed by atoms with Crippen LogP contribution < -0.4 is 5.32 Å². The minimum absolute atomic E-state index is 0.501. The number of aromatic nitrogens is 2. The molecule has 1 heterocycles. The number of nitrogens with zero attached hydrogens (tertiary/aromatic N) is 2. The molecule has 0 bridgehead atoms. The Bertz CT molecular complexity index is 324. The van der Waals surface area contributed by atoms with Gasteiger partial charge >= 0.3 is 0 Å². The summed E-state index contributed by atoms with van der Waals surface area (Å²) < 4.78 is 1.92. The Hall–Kier alpha value is -0.830. The van der Waals surface area contributed by atoms with E-state index < -0.39 is 0 Å². The van der Waals surface area contributed by atoms with Gasteiger partial charge in [0.25, 0.3) is 0 Å². The molecular weight excluding hydrogens is 210 g/mol. The van der Waals surface area contributed by atoms with Crippen molar-refractivity contribution in [2.75, 3.05) is 6.54 Å². The third-order valence-electron chi connectivity index (χ3n) is 3.39. The first-order chi connectivity index (χ1) is 8.08. The SMILES string of the molecule is CCC(CC)CNCc1cn(C)nc1C(C)C. The van der Waals surface area contributed by atoms with Crippen molar-refractivity contribution in [1.82, 2.24) is 15.1 Å². The van der Waals surface area contributed by atoms with Gasteiger partial charge in [0.15, 0.2) is 0 Å². The molecule has 1 N–H and O–H groups in total. The van der Waals surface area contributed by atoms with Crippen molar-refractivity contribution >= 4 is 0 Å². The summed E-state index contributed by atoms with van der Waals surface area (Å²) in [6, 6.07) is 0. The Labute approximate surface area is 106 Å². The van der Waals surface area contributed by atoms with Crippen molar-refractivity contribution in [1.29, 1.82) is 0 Å². The van der Waals surface area contributed by atoms with E-state index in [1.165, 1.54) is 24.1 Å². The molecular formula is C14H27N3. The zero-order chi connectivity index (χ0) is 12.8. The van der Waals surface area contributed by atoms with Crippen molar-refractivity contribution in [3.8, 4) is 0 Å². The first-order valence-corrected chi connectivity index (χ1v) is 6.81. The van der Waals surface area contributed by atoms with E-state index in [0.717, 1.165) is 19.0 Å². The van der Waals surface area contributed by atoms with Gasteiger partial charge in [-0.25, -0.2) is 0 Å². The number of nitrogens with one attached hydrogen (secondary N) is 1. The van der Waals surface area contributed by atoms with Crippen molar-refractivity contribution in [3.63, 3.8) is 0 Å². The summed E-state index contributed by atoms with van der Waals surface area (Å²) in [6.45, 7) is 11.0. The molecule has 3 heteroatoms. The Morgan fingerprint density at radius 3 is 2.47 bits per heavy atom. The fourth-order valence-corrected chi connectivity index (χ4v) is 2.17. The molecule has 0 radical (unpaired) electrons. The molecule has 0 aliphatic rings. The standard InChI is InChI=1S/C14H27N3/c1-6-12(7-2)8-15-9-13-10-17(5)16-14(13)11(3)4/h10-12,15H,6-9H2,1-5H3. The molecule has 0 aliphatic carbocycles. The highest BCUT2D eigenvalue weighted by atomic mass is 15.3. The molecule has 0 saturated heterocycles. The minimum atomic E-state index is 0.501. The molecule has 0 saturated carbocycles. The van der Waals surface area contributed by atoms with E-state index in [-0.39, 0.29) is 0 Å². The quantitative estimate of drug-likeness (QED) is 0.790. The maximum Gasteiger partial charge on any atom is 0.0694 e. The van der Waals surface area contributed by atoms with E-state index in [9.17, 15) is 0 Å². The first kappa shape index (κ1) is 14.2. The van der Waals surface area contributed by atoms with Crippen molar-refractivity contribution in [2.45, 2.75) is 53.0 Å². The van der Waals surface area contributed by atoms with Gasteiger partial charge in [0, 0.05) is 25.4 Å². The molecule has 0 aromatic carbocycles. The average molecular weight is 237 g/mol. The lowest BCUT2D eigenvalue weighted by Gasteiger charge is -2.13. The van der Waals surface area contributed by atoms with Gasteiger partial charge in [0.2, 0.25) is 0 Å². The predicted octanol–water partition coefficient (Wildman–Crippen LogP) is 3.07. The molecule has 0 atom stereocenters. The highest BCUT2D eigenvalue weighted by Gasteiger charge is 2.11. The fourth-order valence-electron chi connectivity index (χ4n) is 2.17. The Morgan fingerprint density at radius 2 is 1.94 bits per heavy atom. The Kier molecular flexibility index (Phi) is 5.69. The van der Waals surface area contributed by atoms with E-state index in [2.05, 4.69) is 44.3 Å². The van der Waals surface area contributed by atoms with Gasteiger partial charge in [0.1, 0.15) is 0 Å². The predicted molar refractivity (Wildman–Crippen MR) is 73.1 cm³/mol. The second-order valence-electron chi connectivity index (χ2n) is 5.18. The van der Waals surface area contributed by atoms with Gasteiger partial charge in [-0.3, -0.25) is 4.68 Å². The number of hydrogen-bond donors (Lipinski definition) is 1. The average Bonchev–Trinajstić information content (AvgIpc) is 2.66. The van der Waals surface area contributed by atoms with Crippen LogP contribution in [0.25, 0.3) is 0 Å². The van der Waals surface area contributed by atoms with Crippen LogP contribution >= 0.6 is 0 Å². The second kappa shape index (κ2) is 6.80. The van der Waals surface area contributed by atoms with Crippen LogP contribution in [0.5, 0.6) is 0 Å². The monoisotopic (exact) mass is 237 g/mol. The first-order valence-electron chi connectivity index (χ1n) is 6.81. The van der Waals surface area contributed by atoms with Gasteiger partial charge in [-0.15, -0.1) is 0 Å².